The SMILES string of the molecule is CC(C)(C)OC(=O)[C@@H](Cc1cccc(N2CCN(c3cccc(OC(I)(I)I)c3)C2=O)c1)[C@H]1CCN(C(=O)OC(C)(C)C)C1. The van der Waals surface area contributed by atoms with E-state index in [-0.39, 0.29) is 24.0 Å². The number of esters is 1. The van der Waals surface area contributed by atoms with Crippen molar-refractivity contribution in [3.8, 4) is 5.75 Å². The minimum atomic E-state index is -0.639. The molecule has 2 heterocycles. The van der Waals surface area contributed by atoms with Gasteiger partial charge in [-0.1, -0.05) is 18.2 Å². The highest BCUT2D eigenvalue weighted by Gasteiger charge is 2.39. The molecule has 12 heteroatoms. The number of alkyl halides is 3. The Balaban J connectivity index is 1.51. The molecular weight excluding hydrogens is 903 g/mol. The van der Waals surface area contributed by atoms with E-state index in [0.717, 1.165) is 16.9 Å². The Kier molecular flexibility index (Phi) is 11.3. The number of rotatable bonds is 8. The first kappa shape index (κ1) is 35.3. The summed E-state index contributed by atoms with van der Waals surface area (Å²) >= 11 is 6.62. The average Bonchev–Trinajstić information content (AvgIpc) is 3.52. The lowest BCUT2D eigenvalue weighted by Crippen LogP contribution is -2.38. The van der Waals surface area contributed by atoms with Crippen LogP contribution in [0.25, 0.3) is 0 Å². The summed E-state index contributed by atoms with van der Waals surface area (Å²) in [5.74, 6) is -0.116. The lowest BCUT2D eigenvalue weighted by Gasteiger charge is -2.28. The van der Waals surface area contributed by atoms with Gasteiger partial charge in [0.05, 0.1) is 5.92 Å². The maximum Gasteiger partial charge on any atom is 0.410 e. The van der Waals surface area contributed by atoms with Crippen LogP contribution in [0.5, 0.6) is 5.75 Å². The van der Waals surface area contributed by atoms with Crippen LogP contribution in [0.15, 0.2) is 48.5 Å². The number of carbonyl (C=O) groups excluding carboxylic acids is 3. The van der Waals surface area contributed by atoms with Crippen molar-refractivity contribution in [1.82, 2.24) is 4.90 Å². The number of carbonyl (C=O) groups is 3. The Morgan fingerprint density at radius 2 is 1.45 bits per heavy atom. The van der Waals surface area contributed by atoms with Crippen LogP contribution in [-0.4, -0.2) is 60.0 Å². The van der Waals surface area contributed by atoms with E-state index in [1.54, 1.807) is 14.7 Å². The Hall–Kier alpha value is -1.56. The molecule has 3 amide bonds. The molecule has 44 heavy (non-hydrogen) atoms. The lowest BCUT2D eigenvalue weighted by atomic mass is 9.86. The summed E-state index contributed by atoms with van der Waals surface area (Å²) in [7, 11) is 0. The number of hydrogen-bond acceptors (Lipinski definition) is 6. The van der Waals surface area contributed by atoms with E-state index in [9.17, 15) is 14.4 Å². The molecule has 0 bridgehead atoms. The third-order valence-electron chi connectivity index (χ3n) is 7.20. The Bertz CT molecular complexity index is 1370. The van der Waals surface area contributed by atoms with Crippen molar-refractivity contribution in [2.24, 2.45) is 11.8 Å². The summed E-state index contributed by atoms with van der Waals surface area (Å²) in [4.78, 5) is 45.1. The van der Waals surface area contributed by atoms with Gasteiger partial charge >= 0.3 is 18.1 Å². The highest BCUT2D eigenvalue weighted by atomic mass is 127. The maximum absolute atomic E-state index is 13.6. The quantitative estimate of drug-likeness (QED) is 0.151. The molecule has 2 fully saturated rings. The fourth-order valence-electron chi connectivity index (χ4n) is 5.40. The number of hydrogen-bond donors (Lipinski definition) is 0. The molecule has 0 aromatic heterocycles. The number of anilines is 2. The van der Waals surface area contributed by atoms with Gasteiger partial charge in [0.1, 0.15) is 17.0 Å². The minimum absolute atomic E-state index is 0.0780. The second-order valence-electron chi connectivity index (χ2n) is 13.1. The molecule has 240 valence electrons. The average molecular weight is 943 g/mol. The molecular formula is C32H40I3N3O6. The number of nitrogens with zero attached hydrogens (tertiary/aromatic N) is 3. The van der Waals surface area contributed by atoms with Crippen molar-refractivity contribution in [2.75, 3.05) is 36.0 Å². The number of urea groups is 1. The lowest BCUT2D eigenvalue weighted by molar-refractivity contribution is -0.161. The van der Waals surface area contributed by atoms with E-state index >= 15 is 0 Å². The van der Waals surface area contributed by atoms with Crippen molar-refractivity contribution >= 4 is 97.2 Å². The Morgan fingerprint density at radius 3 is 2.05 bits per heavy atom. The predicted octanol–water partition coefficient (Wildman–Crippen LogP) is 8.19. The second-order valence-corrected chi connectivity index (χ2v) is 23.9. The van der Waals surface area contributed by atoms with E-state index in [0.29, 0.717) is 44.8 Å². The Labute approximate surface area is 301 Å². The molecule has 2 aliphatic rings. The summed E-state index contributed by atoms with van der Waals surface area (Å²) in [5, 5.41) is 0. The second kappa shape index (κ2) is 14.1. The number of likely N-dealkylation sites (tertiary alicyclic amines) is 1. The molecule has 4 rings (SSSR count). The first-order chi connectivity index (χ1) is 20.4. The molecule has 0 N–H and O–H groups in total. The van der Waals surface area contributed by atoms with E-state index in [1.807, 2.05) is 90.1 Å². The molecule has 2 aromatic rings. The van der Waals surface area contributed by atoms with Gasteiger partial charge in [-0.3, -0.25) is 14.6 Å². The van der Waals surface area contributed by atoms with E-state index in [2.05, 4.69) is 67.8 Å². The number of amides is 3. The molecule has 2 atom stereocenters. The zero-order valence-electron chi connectivity index (χ0n) is 25.9. The molecule has 0 unspecified atom stereocenters. The van der Waals surface area contributed by atoms with Crippen molar-refractivity contribution in [3.05, 3.63) is 54.1 Å². The summed E-state index contributed by atoms with van der Waals surface area (Å²) in [5.41, 5.74) is 1.25. The minimum Gasteiger partial charge on any atom is -0.460 e. The summed E-state index contributed by atoms with van der Waals surface area (Å²) in [6.45, 7) is 13.1. The standard InChI is InChI=1S/C32H40I3N3O6/c1-30(2,3)43-27(39)26(22-13-14-36(20-22)29(41)44-31(4,5)6)18-21-9-7-10-23(17-21)37-15-16-38(28(37)40)24-11-8-12-25(19-24)42-32(33,34)35/h7-12,17,19,22,26H,13-16,18,20H2,1-6H3/t22-,26-/m0/s1. The molecule has 0 spiro atoms. The molecule has 9 nitrogen and oxygen atoms in total. The molecule has 2 saturated heterocycles. The van der Waals surface area contributed by atoms with Crippen molar-refractivity contribution in [1.29, 1.82) is 0 Å². The number of benzene rings is 2. The van der Waals surface area contributed by atoms with Gasteiger partial charge in [0.15, 0.2) is 0 Å². The van der Waals surface area contributed by atoms with E-state index in [1.165, 1.54) is 0 Å². The topological polar surface area (TPSA) is 88.6 Å². The highest BCUT2D eigenvalue weighted by Crippen LogP contribution is 2.39. The van der Waals surface area contributed by atoms with Crippen LogP contribution in [0, 0.1) is 11.8 Å². The van der Waals surface area contributed by atoms with Gasteiger partial charge in [-0.25, -0.2) is 9.59 Å². The van der Waals surface area contributed by atoms with Crippen molar-refractivity contribution < 1.29 is 28.6 Å². The third kappa shape index (κ3) is 9.97. The smallest absolute Gasteiger partial charge is 0.410 e. The number of halogens is 3. The first-order valence-electron chi connectivity index (χ1n) is 14.6. The van der Waals surface area contributed by atoms with Crippen LogP contribution >= 0.6 is 67.8 Å². The van der Waals surface area contributed by atoms with Crippen LogP contribution in [0.1, 0.15) is 53.5 Å². The third-order valence-corrected chi connectivity index (χ3v) is 7.87. The first-order valence-corrected chi connectivity index (χ1v) is 17.9. The summed E-state index contributed by atoms with van der Waals surface area (Å²) < 4.78 is 17.0. The molecule has 2 aliphatic heterocycles. The van der Waals surface area contributed by atoms with Crippen LogP contribution in [0.3, 0.4) is 0 Å². The van der Waals surface area contributed by atoms with Crippen LogP contribution in [-0.2, 0) is 20.7 Å². The summed E-state index contributed by atoms with van der Waals surface area (Å²) in [6, 6.07) is 15.3. The molecule has 0 saturated carbocycles. The van der Waals surface area contributed by atoms with Crippen LogP contribution in [0.2, 0.25) is 0 Å². The molecule has 0 radical (unpaired) electrons. The van der Waals surface area contributed by atoms with Crippen LogP contribution < -0.4 is 14.5 Å². The predicted molar refractivity (Wildman–Crippen MR) is 197 cm³/mol. The summed E-state index contributed by atoms with van der Waals surface area (Å²) in [6.07, 6.45) is 0.751. The monoisotopic (exact) mass is 943 g/mol. The molecule has 0 aliphatic carbocycles. The van der Waals surface area contributed by atoms with Gasteiger partial charge in [0, 0.05) is 43.6 Å². The van der Waals surface area contributed by atoms with Gasteiger partial charge in [0.25, 0.3) is -0.379 Å². The molecule has 2 aromatic carbocycles. The Morgan fingerprint density at radius 1 is 0.864 bits per heavy atom. The normalized spacial score (nSPS) is 18.4. The van der Waals surface area contributed by atoms with Crippen molar-refractivity contribution in [2.45, 2.75) is 65.2 Å². The van der Waals surface area contributed by atoms with Gasteiger partial charge in [0.2, 0.25) is 0 Å². The zero-order valence-corrected chi connectivity index (χ0v) is 32.4. The van der Waals surface area contributed by atoms with E-state index < -0.39 is 16.7 Å². The zero-order chi connectivity index (χ0) is 32.4. The number of ether oxygens (including phenoxy) is 3. The fourth-order valence-corrected chi connectivity index (χ4v) is 6.16. The maximum atomic E-state index is 13.6. The van der Waals surface area contributed by atoms with Crippen LogP contribution in [0.4, 0.5) is 21.0 Å². The van der Waals surface area contributed by atoms with Gasteiger partial charge in [-0.15, -0.1) is 0 Å². The highest BCUT2D eigenvalue weighted by molar-refractivity contribution is 14.3. The van der Waals surface area contributed by atoms with E-state index in [4.69, 9.17) is 14.2 Å². The van der Waals surface area contributed by atoms with Crippen molar-refractivity contribution in [3.63, 3.8) is 0 Å². The van der Waals surface area contributed by atoms with Gasteiger partial charge < -0.3 is 19.1 Å². The largest absolute Gasteiger partial charge is 0.460 e. The van der Waals surface area contributed by atoms with Gasteiger partial charge in [-0.2, -0.15) is 0 Å². The van der Waals surface area contributed by atoms with Gasteiger partial charge in [-0.05, 0) is 158 Å². The fraction of sp³-hybridized carbons (Fsp3) is 0.531.